The highest BCUT2D eigenvalue weighted by atomic mass is 32.1. The number of hydrogen-bond acceptors (Lipinski definition) is 6. The Labute approximate surface area is 170 Å². The number of rotatable bonds is 5. The first-order chi connectivity index (χ1) is 13.6. The van der Waals surface area contributed by atoms with Crippen LogP contribution in [0.2, 0.25) is 0 Å². The number of nitrogens with zero attached hydrogens (tertiary/aromatic N) is 2. The van der Waals surface area contributed by atoms with Gasteiger partial charge in [-0.15, -0.1) is 11.3 Å². The van der Waals surface area contributed by atoms with Gasteiger partial charge < -0.3 is 15.0 Å². The summed E-state index contributed by atoms with van der Waals surface area (Å²) >= 11 is 1.01. The van der Waals surface area contributed by atoms with Gasteiger partial charge in [-0.3, -0.25) is 5.32 Å². The average molecular weight is 432 g/mol. The van der Waals surface area contributed by atoms with Crippen LogP contribution in [0.5, 0.6) is 0 Å². The molecule has 0 aromatic carbocycles. The minimum Gasteiger partial charge on any atom is -0.463 e. The van der Waals surface area contributed by atoms with Crippen LogP contribution in [-0.2, 0) is 22.4 Å². The standard InChI is InChI=1S/C18H23F3N4O3S/c1-4-28-15(26)17(18(19,20)21,24-16(27)25(2)3)23-14-12(10-22)11-8-6-5-7-9-13(11)29-14/h23H,4-9H2,1-3H3,(H,24,27)/t17-/m0/s1. The summed E-state index contributed by atoms with van der Waals surface area (Å²) in [4.78, 5) is 26.3. The van der Waals surface area contributed by atoms with Crippen LogP contribution in [0.3, 0.4) is 0 Å². The van der Waals surface area contributed by atoms with E-state index in [0.717, 1.165) is 40.4 Å². The number of hydrogen-bond donors (Lipinski definition) is 2. The van der Waals surface area contributed by atoms with Crippen LogP contribution in [0.25, 0.3) is 0 Å². The minimum absolute atomic E-state index is 0.0731. The molecule has 2 amide bonds. The van der Waals surface area contributed by atoms with Gasteiger partial charge in [0.1, 0.15) is 11.1 Å². The second kappa shape index (κ2) is 8.90. The molecule has 0 aliphatic heterocycles. The summed E-state index contributed by atoms with van der Waals surface area (Å²) < 4.78 is 47.2. The van der Waals surface area contributed by atoms with E-state index in [-0.39, 0.29) is 17.2 Å². The van der Waals surface area contributed by atoms with Gasteiger partial charge in [0, 0.05) is 19.0 Å². The summed E-state index contributed by atoms with van der Waals surface area (Å²) in [5.41, 5.74) is -2.75. The number of urea groups is 1. The van der Waals surface area contributed by atoms with Crippen LogP contribution in [0.1, 0.15) is 42.2 Å². The first-order valence-electron chi connectivity index (χ1n) is 9.13. The lowest BCUT2D eigenvalue weighted by Gasteiger charge is -2.35. The number of carbonyl (C=O) groups excluding carboxylic acids is 2. The molecule has 1 atom stereocenters. The number of carbonyl (C=O) groups is 2. The highest BCUT2D eigenvalue weighted by molar-refractivity contribution is 7.16. The fourth-order valence-corrected chi connectivity index (χ4v) is 4.32. The zero-order chi connectivity index (χ0) is 21.8. The molecule has 2 rings (SSSR count). The van der Waals surface area contributed by atoms with Crippen LogP contribution >= 0.6 is 11.3 Å². The quantitative estimate of drug-likeness (QED) is 0.423. The highest BCUT2D eigenvalue weighted by Crippen LogP contribution is 2.41. The number of ether oxygens (including phenoxy) is 1. The normalized spacial score (nSPS) is 15.9. The Balaban J connectivity index is 2.59. The Kier molecular flexibility index (Phi) is 7.00. The van der Waals surface area contributed by atoms with E-state index in [9.17, 15) is 28.0 Å². The van der Waals surface area contributed by atoms with Gasteiger partial charge in [0.2, 0.25) is 0 Å². The number of aryl methyl sites for hydroxylation is 1. The molecule has 1 heterocycles. The molecular formula is C18H23F3N4O3S. The monoisotopic (exact) mass is 432 g/mol. The molecule has 11 heteroatoms. The molecule has 0 radical (unpaired) electrons. The number of alkyl halides is 3. The van der Waals surface area contributed by atoms with Gasteiger partial charge in [-0.2, -0.15) is 18.4 Å². The van der Waals surface area contributed by atoms with E-state index in [2.05, 4.69) is 10.1 Å². The number of thiophene rings is 1. The summed E-state index contributed by atoms with van der Waals surface area (Å²) in [6, 6.07) is 0.819. The molecule has 0 spiro atoms. The summed E-state index contributed by atoms with van der Waals surface area (Å²) in [6.45, 7) is 1.04. The Hall–Kier alpha value is -2.48. The van der Waals surface area contributed by atoms with Gasteiger partial charge >= 0.3 is 23.8 Å². The third kappa shape index (κ3) is 4.58. The minimum atomic E-state index is -5.24. The average Bonchev–Trinajstić information content (AvgIpc) is 2.79. The zero-order valence-electron chi connectivity index (χ0n) is 16.4. The molecule has 0 bridgehead atoms. The molecular weight excluding hydrogens is 409 g/mol. The summed E-state index contributed by atoms with van der Waals surface area (Å²) in [5.74, 6) is -1.70. The molecule has 1 aromatic rings. The third-order valence-electron chi connectivity index (χ3n) is 4.54. The fourth-order valence-electron chi connectivity index (χ4n) is 3.02. The van der Waals surface area contributed by atoms with Crippen LogP contribution in [0, 0.1) is 11.3 Å². The summed E-state index contributed by atoms with van der Waals surface area (Å²) in [5, 5.41) is 13.3. The second-order valence-corrected chi connectivity index (χ2v) is 7.90. The van der Waals surface area contributed by atoms with E-state index >= 15 is 0 Å². The van der Waals surface area contributed by atoms with Crippen molar-refractivity contribution in [1.29, 1.82) is 5.26 Å². The number of esters is 1. The van der Waals surface area contributed by atoms with E-state index in [1.807, 2.05) is 6.07 Å². The zero-order valence-corrected chi connectivity index (χ0v) is 17.2. The van der Waals surface area contributed by atoms with Crippen molar-refractivity contribution in [2.24, 2.45) is 0 Å². The maximum Gasteiger partial charge on any atom is 0.442 e. The van der Waals surface area contributed by atoms with E-state index < -0.39 is 23.8 Å². The van der Waals surface area contributed by atoms with Crippen molar-refractivity contribution in [3.63, 3.8) is 0 Å². The van der Waals surface area contributed by atoms with E-state index in [4.69, 9.17) is 0 Å². The van der Waals surface area contributed by atoms with Gasteiger partial charge in [-0.25, -0.2) is 9.59 Å². The van der Waals surface area contributed by atoms with Gasteiger partial charge in [-0.1, -0.05) is 6.42 Å². The van der Waals surface area contributed by atoms with E-state index in [0.29, 0.717) is 18.4 Å². The SMILES string of the molecule is CCOC(=O)[C@@](NC(=O)N(C)C)(Nc1sc2c(c1C#N)CCCCC2)C(F)(F)F. The van der Waals surface area contributed by atoms with Gasteiger partial charge in [0.15, 0.2) is 0 Å². The van der Waals surface area contributed by atoms with Crippen LogP contribution in [-0.4, -0.2) is 49.4 Å². The van der Waals surface area contributed by atoms with Gasteiger partial charge in [-0.05, 0) is 38.2 Å². The third-order valence-corrected chi connectivity index (χ3v) is 5.75. The maximum atomic E-state index is 14.2. The summed E-state index contributed by atoms with van der Waals surface area (Å²) in [6.07, 6.45) is -1.32. The second-order valence-electron chi connectivity index (χ2n) is 6.80. The van der Waals surface area contributed by atoms with Crippen LogP contribution < -0.4 is 10.6 Å². The van der Waals surface area contributed by atoms with Crippen molar-refractivity contribution in [3.05, 3.63) is 16.0 Å². The Morgan fingerprint density at radius 1 is 1.24 bits per heavy atom. The Bertz CT molecular complexity index is 816. The smallest absolute Gasteiger partial charge is 0.442 e. The van der Waals surface area contributed by atoms with Crippen LogP contribution in [0.4, 0.5) is 23.0 Å². The molecule has 1 aliphatic carbocycles. The van der Waals surface area contributed by atoms with Crippen molar-refractivity contribution in [3.8, 4) is 6.07 Å². The van der Waals surface area contributed by atoms with Crippen molar-refractivity contribution < 1.29 is 27.5 Å². The fraction of sp³-hybridized carbons (Fsp3) is 0.611. The van der Waals surface area contributed by atoms with Crippen molar-refractivity contribution in [2.75, 3.05) is 26.0 Å². The molecule has 0 unspecified atom stereocenters. The van der Waals surface area contributed by atoms with E-state index in [1.54, 1.807) is 5.32 Å². The van der Waals surface area contributed by atoms with Crippen LogP contribution in [0.15, 0.2) is 0 Å². The molecule has 7 nitrogen and oxygen atoms in total. The predicted molar refractivity (Wildman–Crippen MR) is 102 cm³/mol. The molecule has 29 heavy (non-hydrogen) atoms. The molecule has 0 saturated heterocycles. The lowest BCUT2D eigenvalue weighted by molar-refractivity contribution is -0.204. The lowest BCUT2D eigenvalue weighted by atomic mass is 10.1. The first-order valence-corrected chi connectivity index (χ1v) is 9.95. The molecule has 0 fully saturated rings. The Morgan fingerprint density at radius 3 is 2.45 bits per heavy atom. The van der Waals surface area contributed by atoms with Crippen molar-refractivity contribution >= 4 is 28.3 Å². The van der Waals surface area contributed by atoms with Crippen molar-refractivity contribution in [2.45, 2.75) is 50.9 Å². The number of halogens is 3. The molecule has 0 saturated carbocycles. The Morgan fingerprint density at radius 2 is 1.90 bits per heavy atom. The first kappa shape index (κ1) is 22.8. The van der Waals surface area contributed by atoms with Gasteiger partial charge in [0.05, 0.1) is 12.2 Å². The number of nitrogens with one attached hydrogen (secondary N) is 2. The number of amides is 2. The molecule has 2 N–H and O–H groups in total. The predicted octanol–water partition coefficient (Wildman–Crippen LogP) is 3.39. The number of anilines is 1. The number of fused-ring (bicyclic) bond motifs is 1. The number of nitriles is 1. The molecule has 1 aromatic heterocycles. The molecule has 160 valence electrons. The lowest BCUT2D eigenvalue weighted by Crippen LogP contribution is -2.70. The molecule has 1 aliphatic rings. The van der Waals surface area contributed by atoms with E-state index in [1.165, 1.54) is 21.0 Å². The maximum absolute atomic E-state index is 14.2. The summed E-state index contributed by atoms with van der Waals surface area (Å²) in [7, 11) is 2.49. The van der Waals surface area contributed by atoms with Crippen molar-refractivity contribution in [1.82, 2.24) is 10.2 Å². The highest BCUT2D eigenvalue weighted by Gasteiger charge is 2.64. The topological polar surface area (TPSA) is 94.5 Å². The van der Waals surface area contributed by atoms with Gasteiger partial charge in [0.25, 0.3) is 0 Å². The largest absolute Gasteiger partial charge is 0.463 e.